The molecule has 2 aromatic carbocycles. The van der Waals surface area contributed by atoms with Crippen LogP contribution >= 0.6 is 0 Å². The number of carbonyl (C=O) groups is 2. The van der Waals surface area contributed by atoms with Gasteiger partial charge in [-0.3, -0.25) is 9.59 Å². The lowest BCUT2D eigenvalue weighted by Gasteiger charge is -2.24. The Balaban J connectivity index is 1.80. The minimum absolute atomic E-state index is 0.144. The number of benzene rings is 2. The number of nitrogens with one attached hydrogen (secondary N) is 1. The summed E-state index contributed by atoms with van der Waals surface area (Å²) in [7, 11) is 0. The van der Waals surface area contributed by atoms with Gasteiger partial charge >= 0.3 is 0 Å². The van der Waals surface area contributed by atoms with Crippen molar-refractivity contribution in [3.05, 3.63) is 65.7 Å². The molecule has 0 unspecified atom stereocenters. The van der Waals surface area contributed by atoms with Gasteiger partial charge in [0.15, 0.2) is 6.61 Å². The van der Waals surface area contributed by atoms with Crippen LogP contribution in [0.3, 0.4) is 0 Å². The number of ether oxygens (including phenoxy) is 1. The third-order valence-corrected chi connectivity index (χ3v) is 4.21. The van der Waals surface area contributed by atoms with Gasteiger partial charge < -0.3 is 20.7 Å². The van der Waals surface area contributed by atoms with Crippen LogP contribution in [-0.4, -0.2) is 38.1 Å². The number of carbonyl (C=O) groups excluding carboxylic acids is 2. The van der Waals surface area contributed by atoms with Gasteiger partial charge in [-0.25, -0.2) is 0 Å². The Morgan fingerprint density at radius 2 is 1.86 bits per heavy atom. The van der Waals surface area contributed by atoms with Gasteiger partial charge in [-0.1, -0.05) is 30.3 Å². The molecule has 0 radical (unpaired) electrons. The summed E-state index contributed by atoms with van der Waals surface area (Å²) in [5.74, 6) is -0.115. The fraction of sp³-hybridized carbons (Fsp3) is 0.273. The molecule has 2 amide bonds. The number of hydrogen-bond acceptors (Lipinski definition) is 4. The molecule has 0 bridgehead atoms. The molecule has 0 aliphatic rings. The van der Waals surface area contributed by atoms with Crippen LogP contribution in [0.5, 0.6) is 5.75 Å². The lowest BCUT2D eigenvalue weighted by molar-refractivity contribution is -0.120. The lowest BCUT2D eigenvalue weighted by Crippen LogP contribution is -2.34. The molecule has 0 fully saturated rings. The van der Waals surface area contributed by atoms with Crippen LogP contribution in [0.2, 0.25) is 0 Å². The molecule has 2 rings (SSSR count). The first kappa shape index (κ1) is 21.0. The Hall–Kier alpha value is -3.28. The van der Waals surface area contributed by atoms with E-state index in [1.165, 1.54) is 17.3 Å². The Labute approximate surface area is 166 Å². The molecule has 28 heavy (non-hydrogen) atoms. The first-order valence-electron chi connectivity index (χ1n) is 9.27. The fourth-order valence-electron chi connectivity index (χ4n) is 2.74. The van der Waals surface area contributed by atoms with Crippen molar-refractivity contribution in [3.63, 3.8) is 0 Å². The first-order valence-corrected chi connectivity index (χ1v) is 9.27. The van der Waals surface area contributed by atoms with Gasteiger partial charge in [-0.15, -0.1) is 0 Å². The van der Waals surface area contributed by atoms with Crippen LogP contribution in [0, 0.1) is 6.92 Å². The van der Waals surface area contributed by atoms with E-state index in [1.807, 2.05) is 12.1 Å². The molecular weight excluding hydrogens is 354 g/mol. The number of rotatable bonds is 10. The highest BCUT2D eigenvalue weighted by Crippen LogP contribution is 2.18. The summed E-state index contributed by atoms with van der Waals surface area (Å²) in [5, 5.41) is 2.91. The van der Waals surface area contributed by atoms with Crippen LogP contribution in [0.15, 0.2) is 54.6 Å². The van der Waals surface area contributed by atoms with Gasteiger partial charge in [0, 0.05) is 31.4 Å². The molecule has 6 heteroatoms. The number of nitrogens with two attached hydrogens (primary N) is 1. The van der Waals surface area contributed by atoms with Gasteiger partial charge in [0.25, 0.3) is 5.91 Å². The average molecular weight is 381 g/mol. The number of amides is 2. The molecule has 0 saturated heterocycles. The standard InChI is InChI=1S/C22H27N3O3/c1-3-25(20-7-5-4-6-17(20)2)15-14-24-22(27)13-10-18-8-11-19(12-9-18)28-16-21(23)26/h4-13H,3,14-16H2,1-2H3,(H2,23,26)(H,24,27)/b13-10+. The lowest BCUT2D eigenvalue weighted by atomic mass is 10.2. The summed E-state index contributed by atoms with van der Waals surface area (Å²) >= 11 is 0. The van der Waals surface area contributed by atoms with E-state index in [-0.39, 0.29) is 12.5 Å². The monoisotopic (exact) mass is 381 g/mol. The van der Waals surface area contributed by atoms with Crippen molar-refractivity contribution in [2.45, 2.75) is 13.8 Å². The SMILES string of the molecule is CCN(CCNC(=O)/C=C/c1ccc(OCC(N)=O)cc1)c1ccccc1C. The molecule has 3 N–H and O–H groups in total. The fourth-order valence-corrected chi connectivity index (χ4v) is 2.74. The van der Waals surface area contributed by atoms with Crippen molar-refractivity contribution in [1.29, 1.82) is 0 Å². The largest absolute Gasteiger partial charge is 0.484 e. The van der Waals surface area contributed by atoms with E-state index < -0.39 is 5.91 Å². The Morgan fingerprint density at radius 3 is 2.50 bits per heavy atom. The molecule has 0 heterocycles. The number of primary amides is 1. The molecule has 0 atom stereocenters. The highest BCUT2D eigenvalue weighted by Gasteiger charge is 2.06. The predicted molar refractivity (Wildman–Crippen MR) is 112 cm³/mol. The van der Waals surface area contributed by atoms with Crippen LogP contribution in [0.4, 0.5) is 5.69 Å². The van der Waals surface area contributed by atoms with Crippen molar-refractivity contribution in [1.82, 2.24) is 5.32 Å². The van der Waals surface area contributed by atoms with E-state index in [2.05, 4.69) is 36.2 Å². The van der Waals surface area contributed by atoms with Gasteiger partial charge in [0.1, 0.15) is 5.75 Å². The van der Waals surface area contributed by atoms with Gasteiger partial charge in [0.2, 0.25) is 5.91 Å². The number of nitrogens with zero attached hydrogens (tertiary/aromatic N) is 1. The van der Waals surface area contributed by atoms with E-state index in [0.717, 1.165) is 18.7 Å². The van der Waals surface area contributed by atoms with Crippen LogP contribution < -0.4 is 20.7 Å². The summed E-state index contributed by atoms with van der Waals surface area (Å²) < 4.78 is 5.20. The normalized spacial score (nSPS) is 10.6. The average Bonchev–Trinajstić information content (AvgIpc) is 2.69. The van der Waals surface area contributed by atoms with Crippen molar-refractivity contribution in [2.24, 2.45) is 5.73 Å². The zero-order valence-electron chi connectivity index (χ0n) is 16.4. The second-order valence-electron chi connectivity index (χ2n) is 6.31. The molecule has 0 aliphatic carbocycles. The van der Waals surface area contributed by atoms with Crippen LogP contribution in [-0.2, 0) is 9.59 Å². The second-order valence-corrected chi connectivity index (χ2v) is 6.31. The Kier molecular flexibility index (Phi) is 8.09. The van der Waals surface area contributed by atoms with E-state index in [9.17, 15) is 9.59 Å². The smallest absolute Gasteiger partial charge is 0.255 e. The molecule has 0 aromatic heterocycles. The third-order valence-electron chi connectivity index (χ3n) is 4.21. The number of likely N-dealkylation sites (N-methyl/N-ethyl adjacent to an activating group) is 1. The van der Waals surface area contributed by atoms with Crippen LogP contribution in [0.25, 0.3) is 6.08 Å². The second kappa shape index (κ2) is 10.8. The first-order chi connectivity index (χ1) is 13.5. The van der Waals surface area contributed by atoms with Gasteiger partial charge in [0.05, 0.1) is 0 Å². The van der Waals surface area contributed by atoms with Crippen molar-refractivity contribution < 1.29 is 14.3 Å². The highest BCUT2D eigenvalue weighted by molar-refractivity contribution is 5.91. The summed E-state index contributed by atoms with van der Waals surface area (Å²) in [5.41, 5.74) is 8.30. The summed E-state index contributed by atoms with van der Waals surface area (Å²) in [6.07, 6.45) is 3.23. The molecule has 0 aliphatic heterocycles. The Bertz CT molecular complexity index is 816. The maximum Gasteiger partial charge on any atom is 0.255 e. The van der Waals surface area contributed by atoms with E-state index in [0.29, 0.717) is 12.3 Å². The van der Waals surface area contributed by atoms with E-state index >= 15 is 0 Å². The zero-order valence-corrected chi connectivity index (χ0v) is 16.4. The number of para-hydroxylation sites is 1. The number of aryl methyl sites for hydroxylation is 1. The van der Waals surface area contributed by atoms with E-state index in [4.69, 9.17) is 10.5 Å². The highest BCUT2D eigenvalue weighted by atomic mass is 16.5. The molecule has 2 aromatic rings. The quantitative estimate of drug-likeness (QED) is 0.620. The number of hydrogen-bond donors (Lipinski definition) is 2. The van der Waals surface area contributed by atoms with Crippen molar-refractivity contribution in [2.75, 3.05) is 31.1 Å². The minimum Gasteiger partial charge on any atom is -0.484 e. The summed E-state index contributed by atoms with van der Waals surface area (Å²) in [4.78, 5) is 25.0. The molecule has 0 spiro atoms. The van der Waals surface area contributed by atoms with Crippen molar-refractivity contribution in [3.8, 4) is 5.75 Å². The zero-order chi connectivity index (χ0) is 20.4. The maximum atomic E-state index is 12.0. The molecule has 0 saturated carbocycles. The third kappa shape index (κ3) is 6.79. The molecule has 148 valence electrons. The predicted octanol–water partition coefficient (Wildman–Crippen LogP) is 2.52. The van der Waals surface area contributed by atoms with Gasteiger partial charge in [-0.05, 0) is 49.2 Å². The van der Waals surface area contributed by atoms with Crippen molar-refractivity contribution >= 4 is 23.6 Å². The van der Waals surface area contributed by atoms with Gasteiger partial charge in [-0.2, -0.15) is 0 Å². The molecular formula is C22H27N3O3. The summed E-state index contributed by atoms with van der Waals surface area (Å²) in [6, 6.07) is 15.3. The van der Waals surface area contributed by atoms with Crippen LogP contribution in [0.1, 0.15) is 18.1 Å². The Morgan fingerprint density at radius 1 is 1.14 bits per heavy atom. The molecule has 6 nitrogen and oxygen atoms in total. The topological polar surface area (TPSA) is 84.7 Å². The van der Waals surface area contributed by atoms with E-state index in [1.54, 1.807) is 30.3 Å². The summed E-state index contributed by atoms with van der Waals surface area (Å²) in [6.45, 7) is 6.21. The minimum atomic E-state index is -0.523. The number of anilines is 1. The maximum absolute atomic E-state index is 12.0.